The predicted octanol–water partition coefficient (Wildman–Crippen LogP) is 1.81. The number of para-hydroxylation sites is 1. The molecule has 2 amide bonds. The van der Waals surface area contributed by atoms with E-state index in [0.29, 0.717) is 39.5 Å². The molecule has 0 aliphatic carbocycles. The molecule has 1 N–H and O–H groups in total. The maximum atomic E-state index is 12.6. The maximum absolute atomic E-state index is 12.6. The molecule has 152 valence electrons. The van der Waals surface area contributed by atoms with Crippen molar-refractivity contribution in [2.45, 2.75) is 43.7 Å². The normalized spacial score (nSPS) is 23.6. The van der Waals surface area contributed by atoms with Crippen LogP contribution < -0.4 is 10.1 Å². The monoisotopic (exact) mass is 388 g/mol. The second-order valence-electron chi connectivity index (χ2n) is 7.75. The van der Waals surface area contributed by atoms with Crippen molar-refractivity contribution in [3.63, 3.8) is 0 Å². The van der Waals surface area contributed by atoms with Crippen LogP contribution in [-0.2, 0) is 19.1 Å². The van der Waals surface area contributed by atoms with Crippen molar-refractivity contribution in [3.8, 4) is 5.75 Å². The van der Waals surface area contributed by atoms with Gasteiger partial charge < -0.3 is 24.4 Å². The SMILES string of the molecule is O=C(CCC(=O)N1CCOCC1)N[C@H]1CC2(CCOCC2)Oc2ccccc21. The molecule has 0 unspecified atom stereocenters. The van der Waals surface area contributed by atoms with E-state index in [0.717, 1.165) is 30.6 Å². The van der Waals surface area contributed by atoms with Gasteiger partial charge in [0.2, 0.25) is 11.8 Å². The minimum Gasteiger partial charge on any atom is -0.487 e. The summed E-state index contributed by atoms with van der Waals surface area (Å²) in [6, 6.07) is 7.79. The zero-order valence-electron chi connectivity index (χ0n) is 16.2. The van der Waals surface area contributed by atoms with Crippen LogP contribution in [0.5, 0.6) is 5.75 Å². The van der Waals surface area contributed by atoms with Gasteiger partial charge in [-0.15, -0.1) is 0 Å². The quantitative estimate of drug-likeness (QED) is 0.851. The lowest BCUT2D eigenvalue weighted by molar-refractivity contribution is -0.137. The first-order valence-corrected chi connectivity index (χ1v) is 10.2. The Balaban J connectivity index is 1.38. The van der Waals surface area contributed by atoms with Gasteiger partial charge in [0, 0.05) is 50.8 Å². The van der Waals surface area contributed by atoms with Gasteiger partial charge in [-0.2, -0.15) is 0 Å². The number of nitrogens with zero attached hydrogens (tertiary/aromatic N) is 1. The molecule has 7 heteroatoms. The fourth-order valence-corrected chi connectivity index (χ4v) is 4.25. The Morgan fingerprint density at radius 3 is 2.54 bits per heavy atom. The Kier molecular flexibility index (Phi) is 5.82. The highest BCUT2D eigenvalue weighted by Crippen LogP contribution is 2.43. The third-order valence-electron chi connectivity index (χ3n) is 5.87. The molecule has 1 atom stereocenters. The summed E-state index contributed by atoms with van der Waals surface area (Å²) in [4.78, 5) is 26.7. The van der Waals surface area contributed by atoms with Gasteiger partial charge in [-0.05, 0) is 6.07 Å². The van der Waals surface area contributed by atoms with Crippen LogP contribution in [0.15, 0.2) is 24.3 Å². The average Bonchev–Trinajstić information content (AvgIpc) is 2.73. The molecule has 7 nitrogen and oxygen atoms in total. The Hall–Kier alpha value is -2.12. The molecule has 28 heavy (non-hydrogen) atoms. The summed E-state index contributed by atoms with van der Waals surface area (Å²) in [6.45, 7) is 3.72. The number of hydrogen-bond donors (Lipinski definition) is 1. The second kappa shape index (κ2) is 8.49. The summed E-state index contributed by atoms with van der Waals surface area (Å²) in [5, 5.41) is 3.15. The molecule has 0 bridgehead atoms. The minimum absolute atomic E-state index is 0.0201. The lowest BCUT2D eigenvalue weighted by atomic mass is 9.82. The van der Waals surface area contributed by atoms with E-state index in [2.05, 4.69) is 5.32 Å². The summed E-state index contributed by atoms with van der Waals surface area (Å²) < 4.78 is 17.1. The Labute approximate surface area is 165 Å². The molecule has 0 saturated carbocycles. The van der Waals surface area contributed by atoms with E-state index >= 15 is 0 Å². The molecular weight excluding hydrogens is 360 g/mol. The van der Waals surface area contributed by atoms with Gasteiger partial charge in [0.1, 0.15) is 11.4 Å². The number of ether oxygens (including phenoxy) is 3. The van der Waals surface area contributed by atoms with Gasteiger partial charge in [0.05, 0.1) is 32.5 Å². The Morgan fingerprint density at radius 1 is 1.04 bits per heavy atom. The van der Waals surface area contributed by atoms with Crippen molar-refractivity contribution in [1.29, 1.82) is 0 Å². The first kappa shape index (κ1) is 19.2. The van der Waals surface area contributed by atoms with E-state index in [1.54, 1.807) is 4.90 Å². The number of morpholine rings is 1. The number of carbonyl (C=O) groups excluding carboxylic acids is 2. The van der Waals surface area contributed by atoms with Crippen molar-refractivity contribution in [1.82, 2.24) is 10.2 Å². The molecule has 4 rings (SSSR count). The molecule has 3 aliphatic rings. The highest BCUT2D eigenvalue weighted by molar-refractivity contribution is 5.84. The van der Waals surface area contributed by atoms with E-state index in [-0.39, 0.29) is 36.3 Å². The zero-order chi connectivity index (χ0) is 19.4. The summed E-state index contributed by atoms with van der Waals surface area (Å²) >= 11 is 0. The molecular formula is C21H28N2O5. The van der Waals surface area contributed by atoms with Crippen LogP contribution >= 0.6 is 0 Å². The number of rotatable bonds is 4. The van der Waals surface area contributed by atoms with Gasteiger partial charge >= 0.3 is 0 Å². The fourth-order valence-electron chi connectivity index (χ4n) is 4.25. The Morgan fingerprint density at radius 2 is 1.75 bits per heavy atom. The summed E-state index contributed by atoms with van der Waals surface area (Å²) in [5.74, 6) is 0.766. The molecule has 0 aromatic heterocycles. The highest BCUT2D eigenvalue weighted by atomic mass is 16.5. The number of amides is 2. The van der Waals surface area contributed by atoms with Crippen molar-refractivity contribution in [2.24, 2.45) is 0 Å². The van der Waals surface area contributed by atoms with E-state index in [4.69, 9.17) is 14.2 Å². The molecule has 1 spiro atoms. The van der Waals surface area contributed by atoms with E-state index in [9.17, 15) is 9.59 Å². The summed E-state index contributed by atoms with van der Waals surface area (Å²) in [5.41, 5.74) is 0.723. The molecule has 3 heterocycles. The standard InChI is InChI=1S/C21H28N2O5/c24-19(5-6-20(25)23-9-13-27-14-10-23)22-17-15-21(7-11-26-12-8-21)28-18-4-2-1-3-16(17)18/h1-4,17H,5-15H2,(H,22,24)/t17-/m0/s1. The largest absolute Gasteiger partial charge is 0.487 e. The van der Waals surface area contributed by atoms with Gasteiger partial charge in [-0.25, -0.2) is 0 Å². The Bertz CT molecular complexity index is 711. The summed E-state index contributed by atoms with van der Waals surface area (Å²) in [6.07, 6.45) is 2.81. The van der Waals surface area contributed by atoms with Crippen LogP contribution in [0.4, 0.5) is 0 Å². The van der Waals surface area contributed by atoms with E-state index < -0.39 is 0 Å². The van der Waals surface area contributed by atoms with Crippen LogP contribution in [-0.4, -0.2) is 61.8 Å². The van der Waals surface area contributed by atoms with Crippen LogP contribution in [0.1, 0.15) is 43.7 Å². The number of benzene rings is 1. The predicted molar refractivity (Wildman–Crippen MR) is 102 cm³/mol. The lowest BCUT2D eigenvalue weighted by Gasteiger charge is -2.44. The molecule has 1 aromatic carbocycles. The highest BCUT2D eigenvalue weighted by Gasteiger charge is 2.42. The van der Waals surface area contributed by atoms with E-state index in [1.807, 2.05) is 24.3 Å². The first-order valence-electron chi connectivity index (χ1n) is 10.2. The van der Waals surface area contributed by atoms with Crippen LogP contribution in [0, 0.1) is 0 Å². The number of fused-ring (bicyclic) bond motifs is 1. The van der Waals surface area contributed by atoms with Crippen LogP contribution in [0.3, 0.4) is 0 Å². The van der Waals surface area contributed by atoms with Crippen molar-refractivity contribution < 1.29 is 23.8 Å². The van der Waals surface area contributed by atoms with Gasteiger partial charge in [0.15, 0.2) is 0 Å². The van der Waals surface area contributed by atoms with Crippen molar-refractivity contribution >= 4 is 11.8 Å². The zero-order valence-corrected chi connectivity index (χ0v) is 16.2. The number of carbonyl (C=O) groups is 2. The smallest absolute Gasteiger partial charge is 0.223 e. The summed E-state index contributed by atoms with van der Waals surface area (Å²) in [7, 11) is 0. The van der Waals surface area contributed by atoms with Crippen molar-refractivity contribution in [3.05, 3.63) is 29.8 Å². The minimum atomic E-state index is -0.284. The molecule has 2 fully saturated rings. The average molecular weight is 388 g/mol. The van der Waals surface area contributed by atoms with Gasteiger partial charge in [-0.3, -0.25) is 9.59 Å². The van der Waals surface area contributed by atoms with E-state index in [1.165, 1.54) is 0 Å². The van der Waals surface area contributed by atoms with Gasteiger partial charge in [-0.1, -0.05) is 18.2 Å². The van der Waals surface area contributed by atoms with Gasteiger partial charge in [0.25, 0.3) is 0 Å². The van der Waals surface area contributed by atoms with Crippen LogP contribution in [0.2, 0.25) is 0 Å². The number of nitrogens with one attached hydrogen (secondary N) is 1. The molecule has 1 aromatic rings. The second-order valence-corrected chi connectivity index (χ2v) is 7.75. The van der Waals surface area contributed by atoms with Crippen LogP contribution in [0.25, 0.3) is 0 Å². The number of hydrogen-bond acceptors (Lipinski definition) is 5. The third kappa shape index (κ3) is 4.31. The lowest BCUT2D eigenvalue weighted by Crippen LogP contribution is -2.48. The maximum Gasteiger partial charge on any atom is 0.223 e. The molecule has 0 radical (unpaired) electrons. The first-order chi connectivity index (χ1) is 13.7. The van der Waals surface area contributed by atoms with Crippen molar-refractivity contribution in [2.75, 3.05) is 39.5 Å². The third-order valence-corrected chi connectivity index (χ3v) is 5.87. The molecule has 2 saturated heterocycles. The fraction of sp³-hybridized carbons (Fsp3) is 0.619. The molecule has 3 aliphatic heterocycles. The topological polar surface area (TPSA) is 77.1 Å².